The first-order valence-electron chi connectivity index (χ1n) is 21.1. The van der Waals surface area contributed by atoms with Crippen LogP contribution in [0.3, 0.4) is 0 Å². The molecule has 0 saturated carbocycles. The van der Waals surface area contributed by atoms with E-state index in [-0.39, 0.29) is 43.1 Å². The minimum atomic E-state index is -0.651. The predicted molar refractivity (Wildman–Crippen MR) is 241 cm³/mol. The fraction of sp³-hybridized carbons (Fsp3) is 0.477. The Bertz CT molecular complexity index is 2320. The molecule has 0 spiro atoms. The minimum absolute atomic E-state index is 0.0459. The molecule has 5 aliphatic rings. The molecule has 0 radical (unpaired) electrons. The molecule has 5 aliphatic heterocycles. The van der Waals surface area contributed by atoms with Gasteiger partial charge in [-0.1, -0.05) is 23.6 Å². The number of hydrazine groups is 1. The van der Waals surface area contributed by atoms with E-state index in [1.165, 1.54) is 6.08 Å². The minimum Gasteiger partial charge on any atom is -0.491 e. The molecule has 1 fully saturated rings. The average Bonchev–Trinajstić information content (AvgIpc) is 3.95. The van der Waals surface area contributed by atoms with Gasteiger partial charge in [0.15, 0.2) is 0 Å². The van der Waals surface area contributed by atoms with E-state index in [1.807, 2.05) is 55.6 Å². The highest BCUT2D eigenvalue weighted by Gasteiger charge is 2.44. The normalized spacial score (nSPS) is 26.4. The second-order valence-corrected chi connectivity index (χ2v) is 16.8. The van der Waals surface area contributed by atoms with Crippen LogP contribution in [-0.2, 0) is 9.59 Å². The number of benzene rings is 2. The number of nitrogens with one attached hydrogen (secondary N) is 1. The zero-order valence-corrected chi connectivity index (χ0v) is 36.6. The number of carbonyl (C=O) groups excluding carboxylic acids is 4. The molecule has 6 N–H and O–H groups in total. The summed E-state index contributed by atoms with van der Waals surface area (Å²) >= 11 is 0. The number of rotatable bonds is 7. The van der Waals surface area contributed by atoms with Crippen molar-refractivity contribution in [3.63, 3.8) is 0 Å². The van der Waals surface area contributed by atoms with Gasteiger partial charge < -0.3 is 46.3 Å². The Balaban J connectivity index is 1.37. The van der Waals surface area contributed by atoms with E-state index in [4.69, 9.17) is 21.2 Å². The molecule has 18 nitrogen and oxygen atoms in total. The number of aliphatic hydroxyl groups excluding tert-OH is 1. The number of anilines is 4. The third-order valence-electron chi connectivity index (χ3n) is 12.5. The van der Waals surface area contributed by atoms with Crippen molar-refractivity contribution in [2.75, 3.05) is 86.7 Å². The average molecular weight is 851 g/mol. The van der Waals surface area contributed by atoms with Gasteiger partial charge in [0.05, 0.1) is 23.7 Å². The number of fused-ring (bicyclic) bond motifs is 8. The largest absolute Gasteiger partial charge is 0.491 e. The molecule has 18 heteroatoms. The summed E-state index contributed by atoms with van der Waals surface area (Å²) in [5.74, 6) is -0.742. The van der Waals surface area contributed by atoms with E-state index >= 15 is 0 Å². The first-order chi connectivity index (χ1) is 29.6. The smallest absolute Gasteiger partial charge is 0.272 e. The van der Waals surface area contributed by atoms with Crippen LogP contribution in [0.5, 0.6) is 5.75 Å². The lowest BCUT2D eigenvalue weighted by Gasteiger charge is -2.30. The third kappa shape index (κ3) is 8.54. The van der Waals surface area contributed by atoms with Gasteiger partial charge in [0.25, 0.3) is 11.8 Å². The fourth-order valence-electron chi connectivity index (χ4n) is 8.94. The quantitative estimate of drug-likeness (QED) is 0.233. The SMILES string of the molecule is CCC1CN(C)N2CCC3CNN=C3C/C(C)=C\C(=O)/N=C3/N(C)c4cc(C(N)=O)cc(OCCCO)c4N3C/C(C)=C(\C)CN3/C(=N/C(=O)C12)N(C)c1cc(C(N)=O)ccc13. The Morgan fingerprint density at radius 2 is 1.58 bits per heavy atom. The molecule has 5 heterocycles. The van der Waals surface area contributed by atoms with Crippen molar-refractivity contribution in [2.45, 2.75) is 59.4 Å². The van der Waals surface area contributed by atoms with Crippen molar-refractivity contribution >= 4 is 64.0 Å². The lowest BCUT2D eigenvalue weighted by atomic mass is 9.94. The number of aliphatic imine (C=N–C) groups is 2. The first-order valence-corrected chi connectivity index (χ1v) is 21.1. The summed E-state index contributed by atoms with van der Waals surface area (Å²) in [7, 11) is 5.61. The number of nitrogens with two attached hydrogens (primary N) is 2. The third-order valence-corrected chi connectivity index (χ3v) is 12.5. The number of hydrazone groups is 1. The second kappa shape index (κ2) is 18.1. The zero-order chi connectivity index (χ0) is 44.6. The van der Waals surface area contributed by atoms with E-state index in [1.54, 1.807) is 36.2 Å². The standard InChI is InChI=1S/C44H58N12O6/c1-8-28-24-51(5)56-13-12-30-21-47-50-32(30)16-25(2)17-37(58)48-43-53(7)35-19-31(41(46)60)20-36(62-15-9-14-57)39(35)55(43)23-27(4)26(3)22-54-33-11-10-29(40(45)59)18-34(33)52(6)44(54)49-42(61)38(28)56/h10-11,17-20,28,30,38,47,57H,8-9,12-16,21-24H2,1-7H3,(H2,45,59)(H2,46,60)/b25-17-,27-26+,48-43-,49-44+. The van der Waals surface area contributed by atoms with Crippen molar-refractivity contribution in [1.29, 1.82) is 0 Å². The van der Waals surface area contributed by atoms with E-state index in [9.17, 15) is 24.3 Å². The van der Waals surface area contributed by atoms with Gasteiger partial charge in [0.1, 0.15) is 17.5 Å². The van der Waals surface area contributed by atoms with Crippen LogP contribution in [0.1, 0.15) is 74.1 Å². The van der Waals surface area contributed by atoms with Gasteiger partial charge in [-0.2, -0.15) is 15.1 Å². The fourth-order valence-corrected chi connectivity index (χ4v) is 8.94. The lowest BCUT2D eigenvalue weighted by Crippen LogP contribution is -2.46. The number of allylic oxidation sites excluding steroid dienone is 1. The van der Waals surface area contributed by atoms with Crippen LogP contribution >= 0.6 is 0 Å². The molecule has 0 aromatic heterocycles. The van der Waals surface area contributed by atoms with Gasteiger partial charge in [-0.25, -0.2) is 10.0 Å². The molecule has 2 aromatic rings. The summed E-state index contributed by atoms with van der Waals surface area (Å²) in [6.45, 7) is 10.6. The van der Waals surface area contributed by atoms with Crippen LogP contribution < -0.4 is 41.2 Å². The number of aliphatic hydroxyl groups is 1. The summed E-state index contributed by atoms with van der Waals surface area (Å²) in [4.78, 5) is 70.6. The van der Waals surface area contributed by atoms with Crippen LogP contribution in [0.25, 0.3) is 0 Å². The van der Waals surface area contributed by atoms with E-state index in [0.717, 1.165) is 41.0 Å². The molecule has 3 unspecified atom stereocenters. The summed E-state index contributed by atoms with van der Waals surface area (Å²) in [5.41, 5.74) is 21.3. The maximum Gasteiger partial charge on any atom is 0.272 e. The molecule has 330 valence electrons. The summed E-state index contributed by atoms with van der Waals surface area (Å²) < 4.78 is 6.19. The Labute approximate surface area is 362 Å². The maximum atomic E-state index is 14.7. The van der Waals surface area contributed by atoms with Crippen LogP contribution in [-0.4, -0.2) is 130 Å². The summed E-state index contributed by atoms with van der Waals surface area (Å²) in [6.07, 6.45) is 3.85. The summed E-state index contributed by atoms with van der Waals surface area (Å²) in [5, 5.41) is 18.5. The molecule has 0 bridgehead atoms. The zero-order valence-electron chi connectivity index (χ0n) is 36.6. The molecule has 7 rings (SSSR count). The Kier molecular flexibility index (Phi) is 12.8. The van der Waals surface area contributed by atoms with E-state index in [2.05, 4.69) is 32.5 Å². The van der Waals surface area contributed by atoms with Crippen molar-refractivity contribution < 1.29 is 29.0 Å². The van der Waals surface area contributed by atoms with Crippen molar-refractivity contribution in [3.8, 4) is 5.75 Å². The lowest BCUT2D eigenvalue weighted by molar-refractivity contribution is -0.126. The van der Waals surface area contributed by atoms with Gasteiger partial charge in [-0.15, -0.1) is 0 Å². The van der Waals surface area contributed by atoms with Crippen molar-refractivity contribution in [2.24, 2.45) is 38.4 Å². The molecular formula is C44H58N12O6. The molecule has 3 atom stereocenters. The van der Waals surface area contributed by atoms with Crippen LogP contribution in [0.2, 0.25) is 0 Å². The number of amides is 4. The van der Waals surface area contributed by atoms with E-state index < -0.39 is 23.8 Å². The molecule has 1 saturated heterocycles. The molecular weight excluding hydrogens is 793 g/mol. The second-order valence-electron chi connectivity index (χ2n) is 16.8. The van der Waals surface area contributed by atoms with Crippen molar-refractivity contribution in [3.05, 3.63) is 64.3 Å². The van der Waals surface area contributed by atoms with Crippen LogP contribution in [0, 0.1) is 11.8 Å². The topological polar surface area (TPSA) is 218 Å². The highest BCUT2D eigenvalue weighted by molar-refractivity contribution is 6.22. The molecule has 62 heavy (non-hydrogen) atoms. The van der Waals surface area contributed by atoms with Gasteiger partial charge in [0.2, 0.25) is 23.7 Å². The maximum absolute atomic E-state index is 14.7. The number of nitrogens with zero attached hydrogens (tertiary/aromatic N) is 9. The van der Waals surface area contributed by atoms with Crippen LogP contribution in [0.4, 0.5) is 22.7 Å². The predicted octanol–water partition coefficient (Wildman–Crippen LogP) is 2.83. The van der Waals surface area contributed by atoms with Gasteiger partial charge in [-0.05, 0) is 69.9 Å². The molecule has 0 aliphatic carbocycles. The van der Waals surface area contributed by atoms with Gasteiger partial charge in [0, 0.05) is 102 Å². The number of carbonyl (C=O) groups is 4. The van der Waals surface area contributed by atoms with Crippen LogP contribution in [0.15, 0.2) is 68.2 Å². The summed E-state index contributed by atoms with van der Waals surface area (Å²) in [6, 6.07) is 7.95. The Hall–Kier alpha value is -6.11. The highest BCUT2D eigenvalue weighted by Crippen LogP contribution is 2.46. The number of primary amides is 2. The Morgan fingerprint density at radius 1 is 0.903 bits per heavy atom. The number of hydrogen-bond donors (Lipinski definition) is 4. The van der Waals surface area contributed by atoms with Gasteiger partial charge >= 0.3 is 0 Å². The van der Waals surface area contributed by atoms with Crippen molar-refractivity contribution in [1.82, 2.24) is 15.4 Å². The monoisotopic (exact) mass is 850 g/mol. The highest BCUT2D eigenvalue weighted by atomic mass is 16.5. The van der Waals surface area contributed by atoms with Gasteiger partial charge in [-0.3, -0.25) is 19.2 Å². The number of hydrogen-bond acceptors (Lipinski definition) is 14. The number of guanidine groups is 2. The molecule has 2 aromatic carbocycles. The Morgan fingerprint density at radius 3 is 2.27 bits per heavy atom. The number of ether oxygens (including phenoxy) is 1. The first kappa shape index (κ1) is 44.0. The molecule has 4 amide bonds. The van der Waals surface area contributed by atoms with E-state index in [0.29, 0.717) is 79.3 Å².